The summed E-state index contributed by atoms with van der Waals surface area (Å²) in [6.45, 7) is 1.51. The number of unbranched alkanes of at least 4 members (excludes halogenated alkanes) is 3. The van der Waals surface area contributed by atoms with E-state index < -0.39 is 91.7 Å². The molecule has 0 bridgehead atoms. The molecule has 33 heteroatoms. The zero-order valence-electron chi connectivity index (χ0n) is 50.2. The molecule has 0 aromatic rings. The molecule has 4 atom stereocenters. The molecule has 15 N–H and O–H groups in total. The lowest BCUT2D eigenvalue weighted by atomic mass is 10.0. The van der Waals surface area contributed by atoms with Crippen molar-refractivity contribution < 1.29 is 108 Å². The van der Waals surface area contributed by atoms with Crippen LogP contribution in [0.3, 0.4) is 0 Å². The van der Waals surface area contributed by atoms with E-state index in [1.165, 1.54) is 4.90 Å². The Morgan fingerprint density at radius 1 is 0.414 bits per heavy atom. The summed E-state index contributed by atoms with van der Waals surface area (Å²) in [6.07, 6.45) is 3.99. The number of amides is 8. The van der Waals surface area contributed by atoms with Crippen LogP contribution in [0.2, 0.25) is 0 Å². The molecular formula is C54H97N11O22. The summed E-state index contributed by atoms with van der Waals surface area (Å²) in [7, 11) is 0. The number of nitrogens with one attached hydrogen (secondary N) is 6. The SMILES string of the molecule is C[C@@H](CCCCNC(=O)COCCOCCNC(=O)COCCOCCNC(=O)CCCC(=O)N[C@@H](CCCCNC(=O)CC[C@@H](C(=O)O)N(CCN(CC(=O)O)CC(=O)O)CCN(CC(=O)O)CC(=O)O)C(=O)NCCCC[C@H](C)C(N)=O)C(N)=O.[HH]. The van der Waals surface area contributed by atoms with Gasteiger partial charge in [0, 0.05) is 91.4 Å². The first-order valence-electron chi connectivity index (χ1n) is 29.1. The van der Waals surface area contributed by atoms with Crippen LogP contribution in [0.1, 0.15) is 105 Å². The van der Waals surface area contributed by atoms with Crippen LogP contribution in [0.15, 0.2) is 0 Å². The Balaban J connectivity index is 0. The van der Waals surface area contributed by atoms with Crippen LogP contribution in [-0.2, 0) is 81.3 Å². The van der Waals surface area contributed by atoms with Gasteiger partial charge in [-0.15, -0.1) is 0 Å². The normalized spacial score (nSPS) is 12.6. The first-order chi connectivity index (χ1) is 41.3. The molecular weight excluding hydrogens is 1150 g/mol. The summed E-state index contributed by atoms with van der Waals surface area (Å²) in [4.78, 5) is 160. The third-order valence-corrected chi connectivity index (χ3v) is 13.0. The second-order valence-corrected chi connectivity index (χ2v) is 20.5. The molecule has 0 rings (SSSR count). The Bertz CT molecular complexity index is 2060. The molecule has 8 amide bonds. The zero-order chi connectivity index (χ0) is 65.4. The molecule has 33 nitrogen and oxygen atoms in total. The fourth-order valence-electron chi connectivity index (χ4n) is 8.10. The highest BCUT2D eigenvalue weighted by atomic mass is 16.5. The summed E-state index contributed by atoms with van der Waals surface area (Å²) < 4.78 is 21.4. The van der Waals surface area contributed by atoms with Crippen LogP contribution < -0.4 is 43.4 Å². The van der Waals surface area contributed by atoms with E-state index in [2.05, 4.69) is 31.9 Å². The number of carbonyl (C=O) groups excluding carboxylic acids is 8. The van der Waals surface area contributed by atoms with Gasteiger partial charge in [0.15, 0.2) is 0 Å². The molecule has 0 aromatic heterocycles. The molecule has 0 unspecified atom stereocenters. The average Bonchev–Trinajstić information content (AvgIpc) is 3.65. The Morgan fingerprint density at radius 3 is 1.23 bits per heavy atom. The number of nitrogens with two attached hydrogens (primary N) is 2. The summed E-state index contributed by atoms with van der Waals surface area (Å²) in [6, 6.07) is -2.42. The van der Waals surface area contributed by atoms with Crippen LogP contribution in [0, 0.1) is 11.8 Å². The first kappa shape index (κ1) is 79.8. The number of hydrogen-bond acceptors (Lipinski definition) is 20. The van der Waals surface area contributed by atoms with Crippen molar-refractivity contribution in [3.8, 4) is 0 Å². The lowest BCUT2D eigenvalue weighted by molar-refractivity contribution is -0.146. The van der Waals surface area contributed by atoms with E-state index in [1.54, 1.807) is 13.8 Å². The first-order valence-corrected chi connectivity index (χ1v) is 29.1. The summed E-state index contributed by atoms with van der Waals surface area (Å²) in [5.41, 5.74) is 10.6. The second-order valence-electron chi connectivity index (χ2n) is 20.5. The number of ether oxygens (including phenoxy) is 4. The van der Waals surface area contributed by atoms with Gasteiger partial charge in [0.25, 0.3) is 0 Å². The predicted octanol–water partition coefficient (Wildman–Crippen LogP) is -3.23. The van der Waals surface area contributed by atoms with Crippen LogP contribution >= 0.6 is 0 Å². The van der Waals surface area contributed by atoms with E-state index in [0.29, 0.717) is 45.1 Å². The highest BCUT2D eigenvalue weighted by Gasteiger charge is 2.29. The van der Waals surface area contributed by atoms with Crippen molar-refractivity contribution in [2.45, 2.75) is 116 Å². The van der Waals surface area contributed by atoms with Crippen LogP contribution in [0.4, 0.5) is 0 Å². The van der Waals surface area contributed by atoms with Crippen molar-refractivity contribution in [3.05, 3.63) is 0 Å². The van der Waals surface area contributed by atoms with Gasteiger partial charge in [0.2, 0.25) is 47.3 Å². The molecule has 0 aliphatic heterocycles. The lowest BCUT2D eigenvalue weighted by Crippen LogP contribution is -2.50. The van der Waals surface area contributed by atoms with E-state index in [9.17, 15) is 87.9 Å². The molecule has 0 saturated carbocycles. The molecule has 0 radical (unpaired) electrons. The molecule has 0 aliphatic rings. The number of primary amides is 2. The third-order valence-electron chi connectivity index (χ3n) is 13.0. The maximum absolute atomic E-state index is 13.3. The molecule has 87 heavy (non-hydrogen) atoms. The quantitative estimate of drug-likeness (QED) is 0.0266. The molecule has 0 heterocycles. The molecule has 0 spiro atoms. The summed E-state index contributed by atoms with van der Waals surface area (Å²) >= 11 is 0. The second kappa shape index (κ2) is 49.9. The van der Waals surface area contributed by atoms with Crippen molar-refractivity contribution in [1.29, 1.82) is 0 Å². The van der Waals surface area contributed by atoms with Crippen molar-refractivity contribution in [3.63, 3.8) is 0 Å². The highest BCUT2D eigenvalue weighted by molar-refractivity contribution is 5.88. The zero-order valence-corrected chi connectivity index (χ0v) is 50.2. The van der Waals surface area contributed by atoms with Gasteiger partial charge in [-0.05, 0) is 57.8 Å². The minimum atomic E-state index is -1.43. The fourth-order valence-corrected chi connectivity index (χ4v) is 8.10. The Kier molecular flexibility index (Phi) is 45.8. The average molecular weight is 1250 g/mol. The van der Waals surface area contributed by atoms with Crippen molar-refractivity contribution in [2.75, 3.05) is 138 Å². The molecule has 0 aliphatic carbocycles. The fraction of sp³-hybridized carbons (Fsp3) is 0.759. The topological polar surface area (TPSA) is 494 Å². The van der Waals surface area contributed by atoms with Crippen LogP contribution in [-0.4, -0.2) is 267 Å². The number of nitrogens with zero attached hydrogens (tertiary/aromatic N) is 3. The van der Waals surface area contributed by atoms with Gasteiger partial charge in [-0.25, -0.2) is 0 Å². The van der Waals surface area contributed by atoms with E-state index in [-0.39, 0.29) is 181 Å². The van der Waals surface area contributed by atoms with E-state index >= 15 is 0 Å². The predicted molar refractivity (Wildman–Crippen MR) is 310 cm³/mol. The van der Waals surface area contributed by atoms with Gasteiger partial charge < -0.3 is 87.8 Å². The number of rotatable bonds is 58. The molecule has 500 valence electrons. The van der Waals surface area contributed by atoms with Gasteiger partial charge >= 0.3 is 29.8 Å². The Morgan fingerprint density at radius 2 is 0.793 bits per heavy atom. The van der Waals surface area contributed by atoms with E-state index in [1.807, 2.05) is 0 Å². The molecule has 0 saturated heterocycles. The highest BCUT2D eigenvalue weighted by Crippen LogP contribution is 2.12. The van der Waals surface area contributed by atoms with Crippen LogP contribution in [0.5, 0.6) is 0 Å². The van der Waals surface area contributed by atoms with Gasteiger partial charge in [-0.1, -0.05) is 26.7 Å². The Hall–Kier alpha value is -7.17. The third kappa shape index (κ3) is 46.7. The standard InChI is InChI=1S/C54H95N11O22.H2/c1-38(51(55)79)10-3-6-18-58-45(69)36-86-30-29-85-27-21-60-46(70)37-87-31-28-84-26-20-59-42(66)13-9-14-44(68)62-40(53(81)61-19-7-4-11-39(2)52(56)80)12-5-8-17-57-43(67)16-15-41(54(82)83)65(24-22-63(32-47(71)72)33-48(73)74)25-23-64(34-49(75)76)35-50(77)78;/h38-41H,3-37H2,1-2H3,(H2,55,79)(H2,56,80)(H,57,67)(H,58,69)(H,59,66)(H,60,70)(H,61,81)(H,62,68)(H,71,72)(H,73,74)(H,75,76)(H,77,78)(H,82,83);1H/t38-,39-,40-,41-;/m0./s1. The monoisotopic (exact) mass is 1250 g/mol. The van der Waals surface area contributed by atoms with E-state index in [0.717, 1.165) is 22.6 Å². The van der Waals surface area contributed by atoms with Crippen molar-refractivity contribution in [1.82, 2.24) is 46.6 Å². The number of carboxylic acid groups (broad SMARTS) is 5. The number of carbonyl (C=O) groups is 13. The number of aliphatic carboxylic acids is 5. The van der Waals surface area contributed by atoms with Crippen LogP contribution in [0.25, 0.3) is 0 Å². The minimum Gasteiger partial charge on any atom is -0.480 e. The smallest absolute Gasteiger partial charge is 0.320 e. The number of carboxylic acids is 5. The minimum absolute atomic E-state index is 0. The number of hydrogen-bond donors (Lipinski definition) is 13. The summed E-state index contributed by atoms with van der Waals surface area (Å²) in [5.74, 6) is -10.7. The van der Waals surface area contributed by atoms with Gasteiger partial charge in [0.1, 0.15) is 25.3 Å². The summed E-state index contributed by atoms with van der Waals surface area (Å²) in [5, 5.41) is 63.5. The maximum Gasteiger partial charge on any atom is 0.320 e. The maximum atomic E-state index is 13.3. The lowest BCUT2D eigenvalue weighted by Gasteiger charge is -2.32. The Labute approximate surface area is 507 Å². The van der Waals surface area contributed by atoms with Crippen molar-refractivity contribution >= 4 is 77.1 Å². The molecule has 0 fully saturated rings. The van der Waals surface area contributed by atoms with Crippen molar-refractivity contribution in [2.24, 2.45) is 23.3 Å². The van der Waals surface area contributed by atoms with E-state index in [4.69, 9.17) is 30.4 Å². The van der Waals surface area contributed by atoms with Gasteiger partial charge in [-0.3, -0.25) is 77.0 Å². The van der Waals surface area contributed by atoms with Gasteiger partial charge in [0.05, 0.1) is 65.8 Å². The largest absolute Gasteiger partial charge is 0.480 e. The van der Waals surface area contributed by atoms with Gasteiger partial charge in [-0.2, -0.15) is 0 Å². The molecule has 0 aromatic carbocycles.